The summed E-state index contributed by atoms with van der Waals surface area (Å²) in [5, 5.41) is 14.1. The maximum atomic E-state index is 5.42. The van der Waals surface area contributed by atoms with E-state index in [1.54, 1.807) is 11.8 Å². The molecule has 2 aromatic rings. The molecule has 2 fully saturated rings. The van der Waals surface area contributed by atoms with Crippen LogP contribution >= 0.6 is 11.8 Å². The minimum absolute atomic E-state index is 0.0798. The first-order chi connectivity index (χ1) is 11.8. The summed E-state index contributed by atoms with van der Waals surface area (Å²) < 4.78 is 7.75. The molecule has 24 heavy (non-hydrogen) atoms. The highest BCUT2D eigenvalue weighted by Crippen LogP contribution is 2.44. The molecule has 3 heterocycles. The summed E-state index contributed by atoms with van der Waals surface area (Å²) in [5.41, 5.74) is 0. The lowest BCUT2D eigenvalue weighted by Crippen LogP contribution is -2.22. The van der Waals surface area contributed by atoms with Crippen LogP contribution < -0.4 is 4.90 Å². The van der Waals surface area contributed by atoms with Gasteiger partial charge >= 0.3 is 0 Å². The van der Waals surface area contributed by atoms with Crippen molar-refractivity contribution in [3.8, 4) is 0 Å². The first-order valence-electron chi connectivity index (χ1n) is 8.95. The van der Waals surface area contributed by atoms with Gasteiger partial charge < -0.3 is 9.42 Å². The Bertz CT molecular complexity index is 689. The van der Waals surface area contributed by atoms with Gasteiger partial charge in [0.2, 0.25) is 11.8 Å². The van der Waals surface area contributed by atoms with Gasteiger partial charge in [0, 0.05) is 25.6 Å². The monoisotopic (exact) mass is 348 g/mol. The lowest BCUT2D eigenvalue weighted by molar-refractivity contribution is 0.374. The number of thioether (sulfide) groups is 1. The maximum absolute atomic E-state index is 5.42. The van der Waals surface area contributed by atoms with Gasteiger partial charge in [0.15, 0.2) is 11.0 Å². The van der Waals surface area contributed by atoms with E-state index in [-0.39, 0.29) is 5.25 Å². The summed E-state index contributed by atoms with van der Waals surface area (Å²) in [6.07, 6.45) is 6.83. The quantitative estimate of drug-likeness (QED) is 0.710. The molecule has 0 amide bonds. The third-order valence-corrected chi connectivity index (χ3v) is 5.58. The van der Waals surface area contributed by atoms with Gasteiger partial charge in [-0.15, -0.1) is 10.2 Å². The molecule has 2 aliphatic rings. The first kappa shape index (κ1) is 15.9. The van der Waals surface area contributed by atoms with Crippen molar-refractivity contribution in [2.24, 2.45) is 0 Å². The van der Waals surface area contributed by atoms with Crippen LogP contribution in [0.4, 0.5) is 5.95 Å². The van der Waals surface area contributed by atoms with Crippen molar-refractivity contribution in [1.82, 2.24) is 24.9 Å². The minimum atomic E-state index is 0.0798. The SMILES string of the molecule is CCCc1noc([C@@H](C)Sc2nnc(N3CCCC3)n2C2CC2)n1. The summed E-state index contributed by atoms with van der Waals surface area (Å²) in [6, 6.07) is 0.559. The first-order valence-corrected chi connectivity index (χ1v) is 9.83. The zero-order valence-electron chi connectivity index (χ0n) is 14.3. The molecule has 0 bridgehead atoms. The Labute approximate surface area is 146 Å². The van der Waals surface area contributed by atoms with E-state index in [0.29, 0.717) is 11.9 Å². The molecule has 1 aliphatic heterocycles. The van der Waals surface area contributed by atoms with Gasteiger partial charge in [-0.2, -0.15) is 4.98 Å². The average Bonchev–Trinajstić information content (AvgIpc) is 3.00. The van der Waals surface area contributed by atoms with Crippen molar-refractivity contribution >= 4 is 17.7 Å². The topological polar surface area (TPSA) is 72.9 Å². The zero-order valence-corrected chi connectivity index (χ0v) is 15.1. The third-order valence-electron chi connectivity index (χ3n) is 4.53. The van der Waals surface area contributed by atoms with Gasteiger partial charge in [-0.3, -0.25) is 4.57 Å². The Morgan fingerprint density at radius 2 is 2.04 bits per heavy atom. The van der Waals surface area contributed by atoms with Crippen LogP contribution in [0.3, 0.4) is 0 Å². The highest BCUT2D eigenvalue weighted by Gasteiger charge is 2.33. The number of anilines is 1. The van der Waals surface area contributed by atoms with Crippen molar-refractivity contribution in [2.45, 2.75) is 68.8 Å². The van der Waals surface area contributed by atoms with E-state index in [4.69, 9.17) is 4.52 Å². The highest BCUT2D eigenvalue weighted by molar-refractivity contribution is 7.99. The lowest BCUT2D eigenvalue weighted by atomic mass is 10.3. The summed E-state index contributed by atoms with van der Waals surface area (Å²) in [7, 11) is 0. The summed E-state index contributed by atoms with van der Waals surface area (Å²) in [4.78, 5) is 6.87. The van der Waals surface area contributed by atoms with Crippen LogP contribution in [0.25, 0.3) is 0 Å². The van der Waals surface area contributed by atoms with Crippen molar-refractivity contribution < 1.29 is 4.52 Å². The van der Waals surface area contributed by atoms with Gasteiger partial charge in [-0.1, -0.05) is 23.8 Å². The predicted molar refractivity (Wildman–Crippen MR) is 92.3 cm³/mol. The molecule has 1 saturated carbocycles. The van der Waals surface area contributed by atoms with E-state index < -0.39 is 0 Å². The molecule has 1 atom stereocenters. The number of aryl methyl sites for hydroxylation is 1. The van der Waals surface area contributed by atoms with Crippen molar-refractivity contribution in [2.75, 3.05) is 18.0 Å². The molecule has 0 N–H and O–H groups in total. The number of rotatable bonds is 7. The van der Waals surface area contributed by atoms with Gasteiger partial charge in [0.25, 0.3) is 0 Å². The Balaban J connectivity index is 1.53. The molecule has 2 aromatic heterocycles. The number of nitrogens with zero attached hydrogens (tertiary/aromatic N) is 6. The Morgan fingerprint density at radius 3 is 2.75 bits per heavy atom. The Kier molecular flexibility index (Phi) is 4.47. The molecular weight excluding hydrogens is 324 g/mol. The van der Waals surface area contributed by atoms with Crippen LogP contribution in [0.2, 0.25) is 0 Å². The van der Waals surface area contributed by atoms with Crippen LogP contribution in [0.5, 0.6) is 0 Å². The largest absolute Gasteiger partial charge is 0.341 e. The molecule has 7 nitrogen and oxygen atoms in total. The van der Waals surface area contributed by atoms with Crippen molar-refractivity contribution in [3.05, 3.63) is 11.7 Å². The van der Waals surface area contributed by atoms with Crippen LogP contribution in [-0.2, 0) is 6.42 Å². The minimum Gasteiger partial charge on any atom is -0.341 e. The number of hydrogen-bond acceptors (Lipinski definition) is 7. The smallest absolute Gasteiger partial charge is 0.239 e. The standard InChI is InChI=1S/C16H24N6OS/c1-3-6-13-17-14(23-20-13)11(2)24-16-19-18-15(21-9-4-5-10-21)22(16)12-7-8-12/h11-12H,3-10H2,1-2H3/t11-/m1/s1. The molecule has 0 aromatic carbocycles. The van der Waals surface area contributed by atoms with E-state index in [0.717, 1.165) is 42.9 Å². The number of aromatic nitrogens is 5. The summed E-state index contributed by atoms with van der Waals surface area (Å²) in [6.45, 7) is 6.39. The van der Waals surface area contributed by atoms with Crippen LogP contribution in [0.1, 0.15) is 69.0 Å². The molecular formula is C16H24N6OS. The van der Waals surface area contributed by atoms with Gasteiger partial charge in [-0.25, -0.2) is 0 Å². The molecule has 0 radical (unpaired) electrons. The normalized spacial score (nSPS) is 19.2. The van der Waals surface area contributed by atoms with Gasteiger partial charge in [0.1, 0.15) is 0 Å². The average molecular weight is 348 g/mol. The van der Waals surface area contributed by atoms with Crippen LogP contribution in [0.15, 0.2) is 9.68 Å². The molecule has 4 rings (SSSR count). The second-order valence-corrected chi connectivity index (χ2v) is 7.94. The van der Waals surface area contributed by atoms with Gasteiger partial charge in [-0.05, 0) is 39.0 Å². The molecule has 8 heteroatoms. The number of hydrogen-bond donors (Lipinski definition) is 0. The maximum Gasteiger partial charge on any atom is 0.239 e. The molecule has 1 saturated heterocycles. The van der Waals surface area contributed by atoms with E-state index in [1.165, 1.54) is 25.7 Å². The lowest BCUT2D eigenvalue weighted by Gasteiger charge is -2.18. The fraction of sp³-hybridized carbons (Fsp3) is 0.750. The molecule has 1 aliphatic carbocycles. The van der Waals surface area contributed by atoms with Gasteiger partial charge in [0.05, 0.1) is 5.25 Å². The van der Waals surface area contributed by atoms with Crippen molar-refractivity contribution in [3.63, 3.8) is 0 Å². The summed E-state index contributed by atoms with van der Waals surface area (Å²) >= 11 is 1.67. The second-order valence-electron chi connectivity index (χ2n) is 6.64. The molecule has 130 valence electrons. The van der Waals surface area contributed by atoms with E-state index in [1.807, 2.05) is 0 Å². The second kappa shape index (κ2) is 6.74. The van der Waals surface area contributed by atoms with Crippen LogP contribution in [0, 0.1) is 0 Å². The Hall–Kier alpha value is -1.57. The van der Waals surface area contributed by atoms with E-state index in [2.05, 4.69) is 43.7 Å². The fourth-order valence-electron chi connectivity index (χ4n) is 3.10. The van der Waals surface area contributed by atoms with E-state index in [9.17, 15) is 0 Å². The zero-order chi connectivity index (χ0) is 16.5. The predicted octanol–water partition coefficient (Wildman–Crippen LogP) is 3.40. The van der Waals surface area contributed by atoms with Crippen molar-refractivity contribution in [1.29, 1.82) is 0 Å². The molecule has 0 unspecified atom stereocenters. The fourth-order valence-corrected chi connectivity index (χ4v) is 4.05. The summed E-state index contributed by atoms with van der Waals surface area (Å²) in [5.74, 6) is 2.51. The molecule has 0 spiro atoms. The highest BCUT2D eigenvalue weighted by atomic mass is 32.2. The van der Waals surface area contributed by atoms with Crippen LogP contribution in [-0.4, -0.2) is 38.0 Å². The van der Waals surface area contributed by atoms with E-state index >= 15 is 0 Å². The Morgan fingerprint density at radius 1 is 1.25 bits per heavy atom. The third kappa shape index (κ3) is 3.16.